The van der Waals surface area contributed by atoms with Gasteiger partial charge in [-0.2, -0.15) is 0 Å². The molecule has 4 rings (SSSR count). The zero-order valence-corrected chi connectivity index (χ0v) is 17.5. The summed E-state index contributed by atoms with van der Waals surface area (Å²) in [5.74, 6) is 1.89. The maximum absolute atomic E-state index is 12.9. The normalized spacial score (nSPS) is 23.0. The Balaban J connectivity index is 1.45. The number of rotatable bonds is 6. The Morgan fingerprint density at radius 1 is 1.03 bits per heavy atom. The lowest BCUT2D eigenvalue weighted by Crippen LogP contribution is -2.38. The predicted octanol–water partition coefficient (Wildman–Crippen LogP) is 3.44. The summed E-state index contributed by atoms with van der Waals surface area (Å²) in [5, 5.41) is 3.16. The van der Waals surface area contributed by atoms with Crippen molar-refractivity contribution in [1.29, 1.82) is 0 Å². The summed E-state index contributed by atoms with van der Waals surface area (Å²) in [6.45, 7) is 0. The van der Waals surface area contributed by atoms with Crippen LogP contribution >= 0.6 is 0 Å². The smallest absolute Gasteiger partial charge is 0.264 e. The summed E-state index contributed by atoms with van der Waals surface area (Å²) in [4.78, 5) is 12.8. The highest BCUT2D eigenvalue weighted by Gasteiger charge is 2.40. The molecule has 0 aromatic heterocycles. The van der Waals surface area contributed by atoms with Crippen molar-refractivity contribution < 1.29 is 17.9 Å². The molecule has 154 valence electrons. The summed E-state index contributed by atoms with van der Waals surface area (Å²) in [7, 11) is -0.661. The van der Waals surface area contributed by atoms with Crippen LogP contribution in [-0.2, 0) is 10.0 Å². The highest BCUT2D eigenvalue weighted by molar-refractivity contribution is 7.92. The fourth-order valence-corrected chi connectivity index (χ4v) is 5.74. The Morgan fingerprint density at radius 2 is 1.72 bits per heavy atom. The fourth-order valence-electron chi connectivity index (χ4n) is 4.54. The lowest BCUT2D eigenvalue weighted by Gasteiger charge is -2.23. The lowest BCUT2D eigenvalue weighted by atomic mass is 9.95. The van der Waals surface area contributed by atoms with Gasteiger partial charge in [0, 0.05) is 18.7 Å². The minimum atomic E-state index is -3.70. The van der Waals surface area contributed by atoms with E-state index in [0.29, 0.717) is 22.9 Å². The second-order valence-corrected chi connectivity index (χ2v) is 9.92. The molecule has 2 aliphatic rings. The zero-order valence-electron chi connectivity index (χ0n) is 16.7. The van der Waals surface area contributed by atoms with E-state index in [0.717, 1.165) is 12.3 Å². The van der Waals surface area contributed by atoms with Gasteiger partial charge >= 0.3 is 0 Å². The van der Waals surface area contributed by atoms with E-state index in [1.807, 2.05) is 0 Å². The van der Waals surface area contributed by atoms with Gasteiger partial charge in [-0.1, -0.05) is 6.42 Å². The molecule has 6 nitrogen and oxygen atoms in total. The molecule has 3 atom stereocenters. The molecule has 7 heteroatoms. The third-order valence-corrected chi connectivity index (χ3v) is 8.07. The van der Waals surface area contributed by atoms with Crippen molar-refractivity contribution in [2.45, 2.75) is 36.6 Å². The maximum atomic E-state index is 12.9. The number of hydrogen-bond donors (Lipinski definition) is 1. The van der Waals surface area contributed by atoms with Gasteiger partial charge in [0.25, 0.3) is 15.9 Å². The molecular weight excluding hydrogens is 388 g/mol. The molecule has 29 heavy (non-hydrogen) atoms. The molecule has 2 fully saturated rings. The average Bonchev–Trinajstić information content (AvgIpc) is 3.36. The molecule has 2 saturated carbocycles. The Bertz CT molecular complexity index is 986. The molecule has 0 spiro atoms. The summed E-state index contributed by atoms with van der Waals surface area (Å²) < 4.78 is 32.0. The number of fused-ring (bicyclic) bond motifs is 2. The molecular formula is C22H26N2O4S. The van der Waals surface area contributed by atoms with Gasteiger partial charge in [-0.15, -0.1) is 0 Å². The van der Waals surface area contributed by atoms with E-state index in [4.69, 9.17) is 4.74 Å². The Morgan fingerprint density at radius 3 is 2.28 bits per heavy atom. The third-order valence-electron chi connectivity index (χ3n) is 6.27. The number of amides is 1. The number of anilines is 1. The Labute approximate surface area is 171 Å². The van der Waals surface area contributed by atoms with Crippen molar-refractivity contribution in [2.24, 2.45) is 11.8 Å². The van der Waals surface area contributed by atoms with E-state index >= 15 is 0 Å². The number of nitrogens with zero attached hydrogens (tertiary/aromatic N) is 1. The summed E-state index contributed by atoms with van der Waals surface area (Å²) in [6, 6.07) is 13.2. The van der Waals surface area contributed by atoms with Crippen molar-refractivity contribution in [1.82, 2.24) is 5.32 Å². The topological polar surface area (TPSA) is 75.7 Å². The largest absolute Gasteiger partial charge is 0.497 e. The molecule has 1 amide bonds. The molecule has 2 aromatic carbocycles. The first-order chi connectivity index (χ1) is 13.9. The Hall–Kier alpha value is -2.54. The first kappa shape index (κ1) is 19.8. The summed E-state index contributed by atoms with van der Waals surface area (Å²) in [5.41, 5.74) is 1.05. The average molecular weight is 415 g/mol. The number of hydrogen-bond acceptors (Lipinski definition) is 4. The van der Waals surface area contributed by atoms with Crippen molar-refractivity contribution in [3.63, 3.8) is 0 Å². The quantitative estimate of drug-likeness (QED) is 0.786. The zero-order chi connectivity index (χ0) is 20.6. The second kappa shape index (κ2) is 7.71. The van der Waals surface area contributed by atoms with Gasteiger partial charge in [0.15, 0.2) is 0 Å². The van der Waals surface area contributed by atoms with Crippen LogP contribution in [0.2, 0.25) is 0 Å². The molecule has 0 heterocycles. The Kier molecular flexibility index (Phi) is 5.25. The van der Waals surface area contributed by atoms with Crippen LogP contribution in [-0.4, -0.2) is 34.5 Å². The van der Waals surface area contributed by atoms with E-state index in [-0.39, 0.29) is 16.8 Å². The molecule has 0 unspecified atom stereocenters. The van der Waals surface area contributed by atoms with Gasteiger partial charge in [-0.05, 0) is 79.6 Å². The predicted molar refractivity (Wildman–Crippen MR) is 112 cm³/mol. The van der Waals surface area contributed by atoms with Gasteiger partial charge in [0.05, 0.1) is 17.7 Å². The van der Waals surface area contributed by atoms with Crippen molar-refractivity contribution in [2.75, 3.05) is 18.5 Å². The van der Waals surface area contributed by atoms with Crippen LogP contribution in [0.15, 0.2) is 53.4 Å². The summed E-state index contributed by atoms with van der Waals surface area (Å²) >= 11 is 0. The lowest BCUT2D eigenvalue weighted by molar-refractivity contribution is 0.0923. The van der Waals surface area contributed by atoms with E-state index < -0.39 is 10.0 Å². The van der Waals surface area contributed by atoms with Crippen LogP contribution in [0.3, 0.4) is 0 Å². The van der Waals surface area contributed by atoms with Gasteiger partial charge in [0.1, 0.15) is 5.75 Å². The van der Waals surface area contributed by atoms with Crippen LogP contribution in [0.25, 0.3) is 0 Å². The van der Waals surface area contributed by atoms with Crippen molar-refractivity contribution in [3.05, 3.63) is 54.1 Å². The number of carbonyl (C=O) groups excluding carboxylic acids is 1. The molecule has 0 saturated heterocycles. The van der Waals surface area contributed by atoms with E-state index in [1.165, 1.54) is 49.9 Å². The minimum Gasteiger partial charge on any atom is -0.497 e. The molecule has 2 bridgehead atoms. The second-order valence-electron chi connectivity index (χ2n) is 7.95. The monoisotopic (exact) mass is 414 g/mol. The van der Waals surface area contributed by atoms with E-state index in [9.17, 15) is 13.2 Å². The number of nitrogens with one attached hydrogen (secondary N) is 1. The molecule has 2 aromatic rings. The van der Waals surface area contributed by atoms with Crippen LogP contribution in [0.5, 0.6) is 5.75 Å². The third kappa shape index (κ3) is 3.83. The van der Waals surface area contributed by atoms with Gasteiger partial charge in [0.2, 0.25) is 0 Å². The van der Waals surface area contributed by atoms with Crippen LogP contribution < -0.4 is 14.4 Å². The number of carbonyl (C=O) groups is 1. The fraction of sp³-hybridized carbons (Fsp3) is 0.409. The first-order valence-electron chi connectivity index (χ1n) is 9.92. The van der Waals surface area contributed by atoms with Gasteiger partial charge in [-0.3, -0.25) is 9.10 Å². The molecule has 2 aliphatic carbocycles. The first-order valence-corrected chi connectivity index (χ1v) is 11.4. The SMILES string of the molecule is COc1ccc(S(=O)(=O)N(C)c2ccc(C(=O)N[C@@H]3C[C@@H]4CC[C@H]3C4)cc2)cc1. The van der Waals surface area contributed by atoms with Crippen LogP contribution in [0, 0.1) is 11.8 Å². The van der Waals surface area contributed by atoms with E-state index in [2.05, 4.69) is 5.32 Å². The number of benzene rings is 2. The molecule has 0 aliphatic heterocycles. The molecule has 1 N–H and O–H groups in total. The van der Waals surface area contributed by atoms with Crippen molar-refractivity contribution in [3.8, 4) is 5.75 Å². The maximum Gasteiger partial charge on any atom is 0.264 e. The molecule has 0 radical (unpaired) electrons. The number of methoxy groups -OCH3 is 1. The van der Waals surface area contributed by atoms with E-state index in [1.54, 1.807) is 36.4 Å². The standard InChI is InChI=1S/C22H26N2O4S/c1-24(29(26,27)20-11-9-19(28-2)10-12-20)18-7-5-16(6-8-18)22(25)23-21-14-15-3-4-17(21)13-15/h5-12,15,17,21H,3-4,13-14H2,1-2H3,(H,23,25)/t15-,17+,21-/m1/s1. The van der Waals surface area contributed by atoms with Gasteiger partial charge in [-0.25, -0.2) is 8.42 Å². The van der Waals surface area contributed by atoms with Gasteiger partial charge < -0.3 is 10.1 Å². The number of ether oxygens (including phenoxy) is 1. The highest BCUT2D eigenvalue weighted by Crippen LogP contribution is 2.44. The highest BCUT2D eigenvalue weighted by atomic mass is 32.2. The van der Waals surface area contributed by atoms with Crippen LogP contribution in [0.1, 0.15) is 36.0 Å². The van der Waals surface area contributed by atoms with Crippen molar-refractivity contribution >= 4 is 21.6 Å². The minimum absolute atomic E-state index is 0.0882. The van der Waals surface area contributed by atoms with Crippen LogP contribution in [0.4, 0.5) is 5.69 Å². The number of sulfonamides is 1. The summed E-state index contributed by atoms with van der Waals surface area (Å²) in [6.07, 6.45) is 4.82.